The lowest BCUT2D eigenvalue weighted by Crippen LogP contribution is -2.29. The van der Waals surface area contributed by atoms with Crippen molar-refractivity contribution >= 4 is 16.7 Å². The highest BCUT2D eigenvalue weighted by Crippen LogP contribution is 2.26. The van der Waals surface area contributed by atoms with Crippen molar-refractivity contribution in [2.24, 2.45) is 5.92 Å². The highest BCUT2D eigenvalue weighted by molar-refractivity contribution is 5.92. The summed E-state index contributed by atoms with van der Waals surface area (Å²) in [6.07, 6.45) is 4.82. The van der Waals surface area contributed by atoms with Crippen LogP contribution in [0.25, 0.3) is 10.8 Å². The van der Waals surface area contributed by atoms with Gasteiger partial charge in [0.1, 0.15) is 17.8 Å². The number of hydrogen-bond donors (Lipinski definition) is 0. The number of carbonyl (C=O) groups is 1. The summed E-state index contributed by atoms with van der Waals surface area (Å²) in [4.78, 5) is 18.8. The van der Waals surface area contributed by atoms with Gasteiger partial charge in [0.05, 0.1) is 7.11 Å². The fraction of sp³-hybridized carbons (Fsp3) is 0.391. The van der Waals surface area contributed by atoms with Crippen molar-refractivity contribution in [3.8, 4) is 11.5 Å². The average Bonchev–Trinajstić information content (AvgIpc) is 3.41. The normalized spacial score (nSPS) is 16.3. The van der Waals surface area contributed by atoms with Gasteiger partial charge in [-0.1, -0.05) is 25.5 Å². The number of rotatable bonds is 7. The molecule has 6 heteroatoms. The summed E-state index contributed by atoms with van der Waals surface area (Å²) >= 11 is 0. The van der Waals surface area contributed by atoms with Crippen LogP contribution in [-0.2, 0) is 6.61 Å². The van der Waals surface area contributed by atoms with Crippen LogP contribution in [0, 0.1) is 5.92 Å². The van der Waals surface area contributed by atoms with E-state index in [1.54, 1.807) is 7.11 Å². The Morgan fingerprint density at radius 2 is 2.00 bits per heavy atom. The number of ether oxygens (including phenoxy) is 2. The molecule has 1 amide bonds. The highest BCUT2D eigenvalue weighted by Gasteiger charge is 2.28. The predicted octanol–water partition coefficient (Wildman–Crippen LogP) is 4.68. The summed E-state index contributed by atoms with van der Waals surface area (Å²) < 4.78 is 16.6. The molecule has 0 N–H and O–H groups in total. The molecular formula is C23H26N2O4. The van der Waals surface area contributed by atoms with Crippen LogP contribution in [0.2, 0.25) is 0 Å². The standard InChI is InChI=1S/C23H26N2O4/c1-3-4-16-9-10-25(13-16)23(26)21-14-29-22(24-21)15-28-20-8-6-17-5-7-19(27-2)11-18(17)12-20/h5-8,11-12,14,16H,3-4,9-10,13,15H2,1-2H3. The van der Waals surface area contributed by atoms with Crippen molar-refractivity contribution in [1.29, 1.82) is 0 Å². The molecule has 1 aliphatic heterocycles. The maximum absolute atomic E-state index is 12.6. The third-order valence-electron chi connectivity index (χ3n) is 5.42. The van der Waals surface area contributed by atoms with Gasteiger partial charge >= 0.3 is 0 Å². The first kappa shape index (κ1) is 19.3. The summed E-state index contributed by atoms with van der Waals surface area (Å²) in [5, 5.41) is 2.13. The van der Waals surface area contributed by atoms with Gasteiger partial charge in [-0.3, -0.25) is 4.79 Å². The zero-order chi connectivity index (χ0) is 20.2. The van der Waals surface area contributed by atoms with E-state index < -0.39 is 0 Å². The molecule has 152 valence electrons. The lowest BCUT2D eigenvalue weighted by Gasteiger charge is -2.14. The SMILES string of the molecule is CCCC1CCN(C(=O)c2coc(COc3ccc4ccc(OC)cc4c3)n2)C1. The van der Waals surface area contributed by atoms with Gasteiger partial charge in [-0.05, 0) is 53.8 Å². The van der Waals surface area contributed by atoms with Crippen LogP contribution in [-0.4, -0.2) is 36.0 Å². The van der Waals surface area contributed by atoms with E-state index in [9.17, 15) is 4.79 Å². The molecule has 2 aromatic carbocycles. The van der Waals surface area contributed by atoms with Gasteiger partial charge < -0.3 is 18.8 Å². The first-order chi connectivity index (χ1) is 14.2. The molecule has 1 aliphatic rings. The van der Waals surface area contributed by atoms with Gasteiger partial charge in [0.15, 0.2) is 12.3 Å². The van der Waals surface area contributed by atoms with E-state index in [0.29, 0.717) is 23.3 Å². The van der Waals surface area contributed by atoms with E-state index >= 15 is 0 Å². The third kappa shape index (κ3) is 4.36. The Morgan fingerprint density at radius 1 is 1.21 bits per heavy atom. The molecule has 0 spiro atoms. The summed E-state index contributed by atoms with van der Waals surface area (Å²) in [6, 6.07) is 11.7. The Bertz CT molecular complexity index is 997. The number of benzene rings is 2. The van der Waals surface area contributed by atoms with Crippen LogP contribution in [0.15, 0.2) is 47.1 Å². The monoisotopic (exact) mass is 394 g/mol. The van der Waals surface area contributed by atoms with Crippen LogP contribution in [0.4, 0.5) is 0 Å². The van der Waals surface area contributed by atoms with Gasteiger partial charge in [-0.15, -0.1) is 0 Å². The minimum atomic E-state index is -0.0589. The van der Waals surface area contributed by atoms with Gasteiger partial charge in [0.25, 0.3) is 5.91 Å². The molecule has 1 unspecified atom stereocenters. The van der Waals surface area contributed by atoms with Crippen LogP contribution in [0.5, 0.6) is 11.5 Å². The van der Waals surface area contributed by atoms with Crippen LogP contribution in [0.1, 0.15) is 42.6 Å². The largest absolute Gasteiger partial charge is 0.497 e. The van der Waals surface area contributed by atoms with E-state index in [0.717, 1.165) is 42.5 Å². The van der Waals surface area contributed by atoms with Crippen molar-refractivity contribution in [1.82, 2.24) is 9.88 Å². The van der Waals surface area contributed by atoms with Gasteiger partial charge in [-0.2, -0.15) is 0 Å². The van der Waals surface area contributed by atoms with Crippen molar-refractivity contribution in [3.63, 3.8) is 0 Å². The van der Waals surface area contributed by atoms with E-state index in [2.05, 4.69) is 11.9 Å². The minimum Gasteiger partial charge on any atom is -0.497 e. The van der Waals surface area contributed by atoms with Crippen molar-refractivity contribution in [2.45, 2.75) is 32.8 Å². The first-order valence-corrected chi connectivity index (χ1v) is 10.1. The van der Waals surface area contributed by atoms with E-state index in [4.69, 9.17) is 13.9 Å². The molecule has 6 nitrogen and oxygen atoms in total. The molecule has 0 radical (unpaired) electrons. The predicted molar refractivity (Wildman–Crippen MR) is 110 cm³/mol. The number of carbonyl (C=O) groups excluding carboxylic acids is 1. The molecule has 0 saturated carbocycles. The second-order valence-electron chi connectivity index (χ2n) is 7.48. The molecule has 29 heavy (non-hydrogen) atoms. The Labute approximate surface area is 170 Å². The lowest BCUT2D eigenvalue weighted by atomic mass is 10.0. The molecule has 3 aromatic rings. The van der Waals surface area contributed by atoms with E-state index in [1.807, 2.05) is 41.3 Å². The molecule has 0 bridgehead atoms. The zero-order valence-electron chi connectivity index (χ0n) is 16.9. The third-order valence-corrected chi connectivity index (χ3v) is 5.42. The number of fused-ring (bicyclic) bond motifs is 1. The number of methoxy groups -OCH3 is 1. The summed E-state index contributed by atoms with van der Waals surface area (Å²) in [7, 11) is 1.65. The Balaban J connectivity index is 1.38. The molecule has 1 aromatic heterocycles. The quantitative estimate of drug-likeness (QED) is 0.582. The molecular weight excluding hydrogens is 368 g/mol. The topological polar surface area (TPSA) is 64.8 Å². The maximum Gasteiger partial charge on any atom is 0.275 e. The second-order valence-corrected chi connectivity index (χ2v) is 7.48. The fourth-order valence-corrected chi connectivity index (χ4v) is 3.86. The van der Waals surface area contributed by atoms with Gasteiger partial charge in [-0.25, -0.2) is 4.98 Å². The summed E-state index contributed by atoms with van der Waals surface area (Å²) in [5.74, 6) is 2.44. The van der Waals surface area contributed by atoms with Crippen LogP contribution >= 0.6 is 0 Å². The Hall–Kier alpha value is -3.02. The second kappa shape index (κ2) is 8.55. The minimum absolute atomic E-state index is 0.0589. The Kier molecular flexibility index (Phi) is 5.69. The maximum atomic E-state index is 12.6. The number of hydrogen-bond acceptors (Lipinski definition) is 5. The fourth-order valence-electron chi connectivity index (χ4n) is 3.86. The van der Waals surface area contributed by atoms with Crippen molar-refractivity contribution < 1.29 is 18.7 Å². The molecule has 1 saturated heterocycles. The molecule has 1 fully saturated rings. The van der Waals surface area contributed by atoms with Gasteiger partial charge in [0, 0.05) is 13.1 Å². The average molecular weight is 394 g/mol. The number of likely N-dealkylation sites (tertiary alicyclic amines) is 1. The molecule has 2 heterocycles. The van der Waals surface area contributed by atoms with Crippen LogP contribution in [0.3, 0.4) is 0 Å². The van der Waals surface area contributed by atoms with E-state index in [1.165, 1.54) is 12.7 Å². The highest BCUT2D eigenvalue weighted by atomic mass is 16.5. The van der Waals surface area contributed by atoms with E-state index in [-0.39, 0.29) is 12.5 Å². The number of oxazole rings is 1. The van der Waals surface area contributed by atoms with Crippen molar-refractivity contribution in [2.75, 3.05) is 20.2 Å². The molecule has 1 atom stereocenters. The number of nitrogens with zero attached hydrogens (tertiary/aromatic N) is 2. The lowest BCUT2D eigenvalue weighted by molar-refractivity contribution is 0.0780. The van der Waals surface area contributed by atoms with Crippen LogP contribution < -0.4 is 9.47 Å². The number of aromatic nitrogens is 1. The van der Waals surface area contributed by atoms with Gasteiger partial charge in [0.2, 0.25) is 5.89 Å². The van der Waals surface area contributed by atoms with Crippen molar-refractivity contribution in [3.05, 3.63) is 54.2 Å². The zero-order valence-corrected chi connectivity index (χ0v) is 16.9. The molecule has 4 rings (SSSR count). The molecule has 0 aliphatic carbocycles. The number of amides is 1. The first-order valence-electron chi connectivity index (χ1n) is 10.1. The smallest absolute Gasteiger partial charge is 0.275 e. The summed E-state index contributed by atoms with van der Waals surface area (Å²) in [6.45, 7) is 3.95. The summed E-state index contributed by atoms with van der Waals surface area (Å²) in [5.41, 5.74) is 0.351. The Morgan fingerprint density at radius 3 is 2.79 bits per heavy atom.